The van der Waals surface area contributed by atoms with Gasteiger partial charge < -0.3 is 14.2 Å². The van der Waals surface area contributed by atoms with Crippen LogP contribution in [0.25, 0.3) is 0 Å². The molecule has 0 saturated carbocycles. The summed E-state index contributed by atoms with van der Waals surface area (Å²) in [5, 5.41) is 0. The molecule has 0 aliphatic rings. The third-order valence-corrected chi connectivity index (χ3v) is 10.3. The average molecular weight is 897 g/mol. The van der Waals surface area contributed by atoms with Gasteiger partial charge in [-0.05, 0) is 83.5 Å². The molecule has 0 radical (unpaired) electrons. The van der Waals surface area contributed by atoms with Gasteiger partial charge in [0, 0.05) is 19.3 Å². The molecule has 1 atom stereocenters. The highest BCUT2D eigenvalue weighted by Crippen LogP contribution is 2.12. The molecule has 0 bridgehead atoms. The zero-order chi connectivity index (χ0) is 47.2. The number of hydrogen-bond donors (Lipinski definition) is 0. The molecule has 0 aliphatic heterocycles. The number of rotatable bonds is 44. The average Bonchev–Trinajstić information content (AvgIpc) is 3.30. The third-order valence-electron chi connectivity index (χ3n) is 10.3. The van der Waals surface area contributed by atoms with E-state index in [0.29, 0.717) is 12.8 Å². The maximum absolute atomic E-state index is 12.8. The van der Waals surface area contributed by atoms with Crippen LogP contribution in [0.2, 0.25) is 0 Å². The molecule has 0 rings (SSSR count). The zero-order valence-corrected chi connectivity index (χ0v) is 41.4. The minimum absolute atomic E-state index is 0.129. The summed E-state index contributed by atoms with van der Waals surface area (Å²) in [7, 11) is 0. The predicted octanol–water partition coefficient (Wildman–Crippen LogP) is 17.1. The first-order chi connectivity index (χ1) is 32.0. The van der Waals surface area contributed by atoms with Crippen molar-refractivity contribution < 1.29 is 28.6 Å². The molecule has 0 heterocycles. The molecule has 6 nitrogen and oxygen atoms in total. The first-order valence-corrected chi connectivity index (χ1v) is 25.8. The Morgan fingerprint density at radius 2 is 0.692 bits per heavy atom. The monoisotopic (exact) mass is 897 g/mol. The first-order valence-electron chi connectivity index (χ1n) is 25.8. The number of carbonyl (C=O) groups is 3. The van der Waals surface area contributed by atoms with Crippen LogP contribution < -0.4 is 0 Å². The van der Waals surface area contributed by atoms with Crippen LogP contribution >= 0.6 is 0 Å². The van der Waals surface area contributed by atoms with Gasteiger partial charge in [0.15, 0.2) is 6.10 Å². The van der Waals surface area contributed by atoms with Gasteiger partial charge in [-0.1, -0.05) is 231 Å². The molecule has 1 unspecified atom stereocenters. The van der Waals surface area contributed by atoms with E-state index in [0.717, 1.165) is 77.0 Å². The van der Waals surface area contributed by atoms with Crippen molar-refractivity contribution in [3.05, 3.63) is 134 Å². The largest absolute Gasteiger partial charge is 0.462 e. The van der Waals surface area contributed by atoms with Crippen LogP contribution in [0.3, 0.4) is 0 Å². The predicted molar refractivity (Wildman–Crippen MR) is 279 cm³/mol. The number of allylic oxidation sites excluding steroid dienone is 22. The van der Waals surface area contributed by atoms with Gasteiger partial charge >= 0.3 is 17.9 Å². The Morgan fingerprint density at radius 1 is 0.338 bits per heavy atom. The van der Waals surface area contributed by atoms with Gasteiger partial charge in [0.25, 0.3) is 0 Å². The van der Waals surface area contributed by atoms with E-state index in [-0.39, 0.29) is 50.4 Å². The Balaban J connectivity index is 4.60. The van der Waals surface area contributed by atoms with Crippen molar-refractivity contribution in [2.24, 2.45) is 0 Å². The van der Waals surface area contributed by atoms with Crippen molar-refractivity contribution in [3.8, 4) is 0 Å². The number of esters is 3. The van der Waals surface area contributed by atoms with Crippen molar-refractivity contribution in [3.63, 3.8) is 0 Å². The summed E-state index contributed by atoms with van der Waals surface area (Å²) in [6.45, 7) is 6.33. The van der Waals surface area contributed by atoms with Gasteiger partial charge in [0.2, 0.25) is 0 Å². The summed E-state index contributed by atoms with van der Waals surface area (Å²) < 4.78 is 16.7. The van der Waals surface area contributed by atoms with Gasteiger partial charge in [0.05, 0.1) is 0 Å². The molecular formula is C59H92O6. The summed E-state index contributed by atoms with van der Waals surface area (Å²) >= 11 is 0. The summed E-state index contributed by atoms with van der Waals surface area (Å²) in [6, 6.07) is 0. The van der Waals surface area contributed by atoms with E-state index in [4.69, 9.17) is 14.2 Å². The molecular weight excluding hydrogens is 805 g/mol. The molecule has 0 fully saturated rings. The van der Waals surface area contributed by atoms with Crippen molar-refractivity contribution in [2.45, 2.75) is 207 Å². The van der Waals surface area contributed by atoms with Gasteiger partial charge in [-0.15, -0.1) is 0 Å². The van der Waals surface area contributed by atoms with Crippen LogP contribution in [0, 0.1) is 0 Å². The lowest BCUT2D eigenvalue weighted by atomic mass is 10.1. The van der Waals surface area contributed by atoms with Gasteiger partial charge in [-0.25, -0.2) is 0 Å². The SMILES string of the molecule is CC/C=C/C=C/C=C/C=C/C=C/C=C/C=C/CCCCCC(=O)OCC(COC(=O)CC/C=C/C/C=C/CCCCCCCC)OC(=O)CCCCCCCC/C=C/C=C/CCCCC. The summed E-state index contributed by atoms with van der Waals surface area (Å²) in [6.07, 6.45) is 72.9. The molecule has 65 heavy (non-hydrogen) atoms. The number of carbonyl (C=O) groups excluding carboxylic acids is 3. The molecule has 0 amide bonds. The summed E-state index contributed by atoms with van der Waals surface area (Å²) in [5.41, 5.74) is 0. The van der Waals surface area contributed by atoms with Crippen LogP contribution in [0.1, 0.15) is 201 Å². The van der Waals surface area contributed by atoms with Crippen LogP contribution in [0.15, 0.2) is 134 Å². The highest BCUT2D eigenvalue weighted by atomic mass is 16.6. The number of unbranched alkanes of at least 4 members (excludes halogenated alkanes) is 18. The van der Waals surface area contributed by atoms with E-state index < -0.39 is 6.10 Å². The van der Waals surface area contributed by atoms with E-state index in [2.05, 4.69) is 75.5 Å². The standard InChI is InChI=1S/C59H92O6/c1-4-7-10-13-16-19-22-25-27-28-29-30-32-34-37-40-43-46-49-52-58(61)64-55-56(54-63-57(60)51-48-45-42-39-36-33-24-21-18-15-12-9-6-3)65-59(62)53-50-47-44-41-38-35-31-26-23-20-17-14-11-8-5-2/h7,10,13,16-17,19-20,22-23,25-30,32-34,36-37,42,45,56H,4-6,8-9,11-12,14-15,18,21,24,31,35,38-41,43-44,46-55H2,1-3H3/b10-7+,16-13+,20-17+,22-19+,26-23+,27-25+,29-28+,32-30+,36-33+,37-34+,45-42+. The molecule has 0 spiro atoms. The lowest BCUT2D eigenvalue weighted by Gasteiger charge is -2.18. The highest BCUT2D eigenvalue weighted by molar-refractivity contribution is 5.71. The highest BCUT2D eigenvalue weighted by Gasteiger charge is 2.19. The molecule has 6 heteroatoms. The minimum Gasteiger partial charge on any atom is -0.462 e. The Bertz CT molecular complexity index is 1450. The van der Waals surface area contributed by atoms with Crippen molar-refractivity contribution in [2.75, 3.05) is 13.2 Å². The lowest BCUT2D eigenvalue weighted by molar-refractivity contribution is -0.166. The molecule has 364 valence electrons. The van der Waals surface area contributed by atoms with E-state index in [1.165, 1.54) is 70.6 Å². The van der Waals surface area contributed by atoms with Crippen LogP contribution in [-0.2, 0) is 28.6 Å². The van der Waals surface area contributed by atoms with Crippen molar-refractivity contribution in [1.82, 2.24) is 0 Å². The fourth-order valence-corrected chi connectivity index (χ4v) is 6.47. The normalized spacial score (nSPS) is 13.2. The summed E-state index contributed by atoms with van der Waals surface area (Å²) in [4.78, 5) is 37.9. The van der Waals surface area contributed by atoms with Crippen molar-refractivity contribution >= 4 is 17.9 Å². The maximum atomic E-state index is 12.8. The minimum atomic E-state index is -0.830. The fraction of sp³-hybridized carbons (Fsp3) is 0.576. The van der Waals surface area contributed by atoms with Crippen molar-refractivity contribution in [1.29, 1.82) is 0 Å². The molecule has 0 aliphatic carbocycles. The quantitative estimate of drug-likeness (QED) is 0.0199. The molecule has 0 aromatic carbocycles. The van der Waals surface area contributed by atoms with Crippen LogP contribution in [0.4, 0.5) is 0 Å². The Labute approximate surface area is 398 Å². The topological polar surface area (TPSA) is 78.9 Å². The summed E-state index contributed by atoms with van der Waals surface area (Å²) in [5.74, 6) is -1.06. The molecule has 0 saturated heterocycles. The first kappa shape index (κ1) is 60.5. The second-order valence-electron chi connectivity index (χ2n) is 16.6. The Morgan fingerprint density at radius 3 is 1.22 bits per heavy atom. The number of ether oxygens (including phenoxy) is 3. The molecule has 0 N–H and O–H groups in total. The van der Waals surface area contributed by atoms with E-state index in [1.54, 1.807) is 0 Å². The fourth-order valence-electron chi connectivity index (χ4n) is 6.47. The smallest absolute Gasteiger partial charge is 0.306 e. The third kappa shape index (κ3) is 50.4. The van der Waals surface area contributed by atoms with E-state index in [1.807, 2.05) is 79.0 Å². The van der Waals surface area contributed by atoms with Gasteiger partial charge in [-0.2, -0.15) is 0 Å². The number of hydrogen-bond acceptors (Lipinski definition) is 6. The Hall–Kier alpha value is -4.45. The lowest BCUT2D eigenvalue weighted by Crippen LogP contribution is -2.30. The maximum Gasteiger partial charge on any atom is 0.306 e. The second-order valence-corrected chi connectivity index (χ2v) is 16.6. The van der Waals surface area contributed by atoms with Crippen LogP contribution in [0.5, 0.6) is 0 Å². The second kappa shape index (κ2) is 52.2. The molecule has 0 aromatic rings. The van der Waals surface area contributed by atoms with Gasteiger partial charge in [0.1, 0.15) is 13.2 Å². The van der Waals surface area contributed by atoms with E-state index in [9.17, 15) is 14.4 Å². The zero-order valence-electron chi connectivity index (χ0n) is 41.4. The van der Waals surface area contributed by atoms with Crippen LogP contribution in [-0.4, -0.2) is 37.2 Å². The Kier molecular flexibility index (Phi) is 48.6. The molecule has 0 aromatic heterocycles. The van der Waals surface area contributed by atoms with E-state index >= 15 is 0 Å². The van der Waals surface area contributed by atoms with Gasteiger partial charge in [-0.3, -0.25) is 14.4 Å².